The number of nitrogens with one attached hydrogen (secondary N) is 3. The molecule has 0 aliphatic carbocycles. The maximum Gasteiger partial charge on any atom is 0.338 e. The largest absolute Gasteiger partial charge is 0.497 e. The third-order valence-electron chi connectivity index (χ3n) is 4.57. The molecule has 10 heteroatoms. The molecule has 0 aromatic heterocycles. The van der Waals surface area contributed by atoms with Gasteiger partial charge in [0.25, 0.3) is 0 Å². The van der Waals surface area contributed by atoms with E-state index in [4.69, 9.17) is 14.2 Å². The fourth-order valence-corrected chi connectivity index (χ4v) is 3.16. The summed E-state index contributed by atoms with van der Waals surface area (Å²) in [7, 11) is 4.84. The van der Waals surface area contributed by atoms with E-state index < -0.39 is 18.0 Å². The Labute approximate surface area is 181 Å². The van der Waals surface area contributed by atoms with Gasteiger partial charge in [-0.15, -0.1) is 0 Å². The number of amides is 3. The Bertz CT molecular complexity index is 809. The molecular formula is C21H30N4O6. The molecule has 0 spiro atoms. The molecule has 10 nitrogen and oxygen atoms in total. The number of esters is 1. The lowest BCUT2D eigenvalue weighted by atomic mass is 9.95. The lowest BCUT2D eigenvalue weighted by Crippen LogP contribution is -2.49. The second kappa shape index (κ2) is 11.9. The van der Waals surface area contributed by atoms with Crippen molar-refractivity contribution in [3.8, 4) is 5.75 Å². The standard InChI is InChI=1S/C21H30N4O6/c1-5-31-20(27)18-16(12-25(2)13-17(26)22-10-11-29-3)23-21(28)24-19(18)14-6-8-15(30-4)9-7-14/h6-9,19H,5,10-13H2,1-4H3,(H,22,26)(H2,23,24,28). The fourth-order valence-electron chi connectivity index (χ4n) is 3.16. The lowest BCUT2D eigenvalue weighted by Gasteiger charge is -2.31. The molecule has 0 saturated carbocycles. The fraction of sp³-hybridized carbons (Fsp3) is 0.476. The number of likely N-dealkylation sites (N-methyl/N-ethyl adjacent to an activating group) is 1. The number of carbonyl (C=O) groups is 3. The van der Waals surface area contributed by atoms with Gasteiger partial charge in [-0.25, -0.2) is 9.59 Å². The summed E-state index contributed by atoms with van der Waals surface area (Å²) in [6.07, 6.45) is 0. The van der Waals surface area contributed by atoms with Crippen LogP contribution in [0.15, 0.2) is 35.5 Å². The highest BCUT2D eigenvalue weighted by molar-refractivity contribution is 5.95. The van der Waals surface area contributed by atoms with Gasteiger partial charge in [-0.3, -0.25) is 9.69 Å². The average Bonchev–Trinajstić information content (AvgIpc) is 2.73. The number of rotatable bonds is 11. The summed E-state index contributed by atoms with van der Waals surface area (Å²) < 4.78 is 15.3. The molecule has 3 amide bonds. The van der Waals surface area contributed by atoms with Crippen LogP contribution in [-0.2, 0) is 19.1 Å². The molecule has 0 saturated heterocycles. The van der Waals surface area contributed by atoms with Crippen molar-refractivity contribution in [2.75, 3.05) is 54.1 Å². The molecular weight excluding hydrogens is 404 g/mol. The second-order valence-electron chi connectivity index (χ2n) is 6.93. The maximum absolute atomic E-state index is 12.8. The molecule has 2 rings (SSSR count). The second-order valence-corrected chi connectivity index (χ2v) is 6.93. The Hall–Kier alpha value is -3.11. The quantitative estimate of drug-likeness (QED) is 0.344. The predicted octanol–water partition coefficient (Wildman–Crippen LogP) is 0.561. The van der Waals surface area contributed by atoms with Crippen LogP contribution in [-0.4, -0.2) is 76.9 Å². The minimum Gasteiger partial charge on any atom is -0.497 e. The molecule has 1 aliphatic heterocycles. The number of hydrogen-bond acceptors (Lipinski definition) is 7. The van der Waals surface area contributed by atoms with Gasteiger partial charge in [0.2, 0.25) is 5.91 Å². The van der Waals surface area contributed by atoms with Gasteiger partial charge in [0.05, 0.1) is 38.5 Å². The number of ether oxygens (including phenoxy) is 3. The van der Waals surface area contributed by atoms with Crippen molar-refractivity contribution in [3.05, 3.63) is 41.1 Å². The van der Waals surface area contributed by atoms with E-state index in [1.54, 1.807) is 57.4 Å². The van der Waals surface area contributed by atoms with Crippen LogP contribution in [0.25, 0.3) is 0 Å². The zero-order valence-corrected chi connectivity index (χ0v) is 18.3. The minimum atomic E-state index is -0.697. The average molecular weight is 434 g/mol. The topological polar surface area (TPSA) is 118 Å². The molecule has 1 aromatic rings. The SMILES string of the molecule is CCOC(=O)C1=C(CN(C)CC(=O)NCCOC)NC(=O)NC1c1ccc(OC)cc1. The molecule has 31 heavy (non-hydrogen) atoms. The van der Waals surface area contributed by atoms with E-state index in [0.29, 0.717) is 35.7 Å². The molecule has 170 valence electrons. The summed E-state index contributed by atoms with van der Waals surface area (Å²) in [5.41, 5.74) is 1.38. The zero-order valence-electron chi connectivity index (χ0n) is 18.3. The number of methoxy groups -OCH3 is 2. The first-order valence-corrected chi connectivity index (χ1v) is 9.95. The Morgan fingerprint density at radius 1 is 1.19 bits per heavy atom. The monoisotopic (exact) mass is 434 g/mol. The van der Waals surface area contributed by atoms with Crippen molar-refractivity contribution in [1.82, 2.24) is 20.9 Å². The van der Waals surface area contributed by atoms with Gasteiger partial charge >= 0.3 is 12.0 Å². The maximum atomic E-state index is 12.8. The summed E-state index contributed by atoms with van der Waals surface area (Å²) in [6.45, 7) is 2.98. The summed E-state index contributed by atoms with van der Waals surface area (Å²) in [5.74, 6) is -0.0707. The Morgan fingerprint density at radius 2 is 1.90 bits per heavy atom. The van der Waals surface area contributed by atoms with E-state index in [0.717, 1.165) is 0 Å². The van der Waals surface area contributed by atoms with Gasteiger partial charge in [0.15, 0.2) is 0 Å². The van der Waals surface area contributed by atoms with Crippen molar-refractivity contribution in [3.63, 3.8) is 0 Å². The van der Waals surface area contributed by atoms with Crippen LogP contribution >= 0.6 is 0 Å². The van der Waals surface area contributed by atoms with Gasteiger partial charge < -0.3 is 30.2 Å². The van der Waals surface area contributed by atoms with Crippen LogP contribution < -0.4 is 20.7 Å². The van der Waals surface area contributed by atoms with Gasteiger partial charge in [-0.1, -0.05) is 12.1 Å². The van der Waals surface area contributed by atoms with Crippen LogP contribution in [0.1, 0.15) is 18.5 Å². The molecule has 1 atom stereocenters. The van der Waals surface area contributed by atoms with E-state index >= 15 is 0 Å². The van der Waals surface area contributed by atoms with E-state index in [9.17, 15) is 14.4 Å². The van der Waals surface area contributed by atoms with Gasteiger partial charge in [-0.2, -0.15) is 0 Å². The first-order chi connectivity index (χ1) is 14.9. The lowest BCUT2D eigenvalue weighted by molar-refractivity contribution is -0.139. The predicted molar refractivity (Wildman–Crippen MR) is 113 cm³/mol. The molecule has 1 heterocycles. The van der Waals surface area contributed by atoms with Crippen molar-refractivity contribution in [1.29, 1.82) is 0 Å². The van der Waals surface area contributed by atoms with Gasteiger partial charge in [0.1, 0.15) is 5.75 Å². The van der Waals surface area contributed by atoms with E-state index in [1.165, 1.54) is 0 Å². The van der Waals surface area contributed by atoms with E-state index in [2.05, 4.69) is 16.0 Å². The molecule has 0 bridgehead atoms. The van der Waals surface area contributed by atoms with Crippen molar-refractivity contribution >= 4 is 17.9 Å². The molecule has 1 aromatic carbocycles. The Kier molecular flexibility index (Phi) is 9.29. The zero-order chi connectivity index (χ0) is 22.8. The van der Waals surface area contributed by atoms with Crippen LogP contribution in [0, 0.1) is 0 Å². The van der Waals surface area contributed by atoms with Crippen molar-refractivity contribution < 1.29 is 28.6 Å². The molecule has 0 radical (unpaired) electrons. The summed E-state index contributed by atoms with van der Waals surface area (Å²) in [4.78, 5) is 38.9. The van der Waals surface area contributed by atoms with Crippen molar-refractivity contribution in [2.45, 2.75) is 13.0 Å². The molecule has 1 aliphatic rings. The molecule has 3 N–H and O–H groups in total. The van der Waals surface area contributed by atoms with Gasteiger partial charge in [-0.05, 0) is 31.7 Å². The normalized spacial score (nSPS) is 15.9. The summed E-state index contributed by atoms with van der Waals surface area (Å²) in [5, 5.41) is 8.21. The number of carbonyl (C=O) groups excluding carboxylic acids is 3. The number of nitrogens with zero attached hydrogens (tertiary/aromatic N) is 1. The first kappa shape index (κ1) is 24.2. The number of urea groups is 1. The van der Waals surface area contributed by atoms with Crippen LogP contribution in [0.2, 0.25) is 0 Å². The molecule has 0 fully saturated rings. The highest BCUT2D eigenvalue weighted by atomic mass is 16.5. The van der Waals surface area contributed by atoms with E-state index in [-0.39, 0.29) is 25.6 Å². The van der Waals surface area contributed by atoms with Crippen LogP contribution in [0.3, 0.4) is 0 Å². The number of benzene rings is 1. The third kappa shape index (κ3) is 6.97. The summed E-state index contributed by atoms with van der Waals surface area (Å²) >= 11 is 0. The highest BCUT2D eigenvalue weighted by Gasteiger charge is 2.34. The van der Waals surface area contributed by atoms with Crippen molar-refractivity contribution in [2.24, 2.45) is 0 Å². The smallest absolute Gasteiger partial charge is 0.338 e. The van der Waals surface area contributed by atoms with Gasteiger partial charge in [0, 0.05) is 25.9 Å². The highest BCUT2D eigenvalue weighted by Crippen LogP contribution is 2.29. The molecule has 1 unspecified atom stereocenters. The van der Waals surface area contributed by atoms with Crippen LogP contribution in [0.5, 0.6) is 5.75 Å². The first-order valence-electron chi connectivity index (χ1n) is 9.95. The third-order valence-corrected chi connectivity index (χ3v) is 4.57. The minimum absolute atomic E-state index is 0.0832. The van der Waals surface area contributed by atoms with E-state index in [1.807, 2.05) is 0 Å². The number of hydrogen-bond donors (Lipinski definition) is 3. The Balaban J connectivity index is 2.27. The summed E-state index contributed by atoms with van der Waals surface area (Å²) in [6, 6.07) is 5.92. The Morgan fingerprint density at radius 3 is 2.52 bits per heavy atom. The van der Waals surface area contributed by atoms with Crippen LogP contribution in [0.4, 0.5) is 4.79 Å².